The van der Waals surface area contributed by atoms with Crippen LogP contribution in [-0.4, -0.2) is 29.7 Å². The molecular weight excluding hydrogens is 348 g/mol. The lowest BCUT2D eigenvalue weighted by Crippen LogP contribution is -1.99. The van der Waals surface area contributed by atoms with Gasteiger partial charge in [0.2, 0.25) is 0 Å². The fourth-order valence-electron chi connectivity index (χ4n) is 3.32. The molecule has 0 bridgehead atoms. The average molecular weight is 366 g/mol. The predicted molar refractivity (Wildman–Crippen MR) is 109 cm³/mol. The summed E-state index contributed by atoms with van der Waals surface area (Å²) in [5, 5.41) is 4.51. The highest BCUT2D eigenvalue weighted by Crippen LogP contribution is 2.28. The number of H-pyrrole nitrogens is 1. The van der Waals surface area contributed by atoms with Gasteiger partial charge in [-0.2, -0.15) is 5.10 Å². The van der Waals surface area contributed by atoms with Crippen molar-refractivity contribution >= 4 is 11.2 Å². The number of aryl methyl sites for hydroxylation is 1. The fourth-order valence-corrected chi connectivity index (χ4v) is 3.32. The smallest absolute Gasteiger partial charge is 0.156 e. The molecule has 0 fully saturated rings. The Bertz CT molecular complexity index is 1250. The molecule has 0 unspecified atom stereocenters. The first kappa shape index (κ1) is 16.4. The molecule has 0 aliphatic carbocycles. The molecule has 0 aliphatic heterocycles. The highest BCUT2D eigenvalue weighted by atomic mass is 15.3. The van der Waals surface area contributed by atoms with E-state index in [1.165, 1.54) is 5.56 Å². The van der Waals surface area contributed by atoms with Gasteiger partial charge in [-0.1, -0.05) is 30.3 Å². The third-order valence-corrected chi connectivity index (χ3v) is 4.70. The summed E-state index contributed by atoms with van der Waals surface area (Å²) in [5.74, 6) is 0. The van der Waals surface area contributed by atoms with Gasteiger partial charge in [-0.05, 0) is 24.6 Å². The Kier molecular flexibility index (Phi) is 3.94. The zero-order chi connectivity index (χ0) is 18.9. The van der Waals surface area contributed by atoms with Crippen LogP contribution in [0.4, 0.5) is 0 Å². The van der Waals surface area contributed by atoms with Gasteiger partial charge in [0.05, 0.1) is 24.6 Å². The molecule has 28 heavy (non-hydrogen) atoms. The van der Waals surface area contributed by atoms with Crippen molar-refractivity contribution in [3.05, 3.63) is 84.7 Å². The summed E-state index contributed by atoms with van der Waals surface area (Å²) in [6.07, 6.45) is 9.44. The number of pyridine rings is 1. The minimum absolute atomic E-state index is 0.733. The third-order valence-electron chi connectivity index (χ3n) is 4.70. The van der Waals surface area contributed by atoms with E-state index < -0.39 is 0 Å². The van der Waals surface area contributed by atoms with Crippen LogP contribution >= 0.6 is 0 Å². The molecule has 0 radical (unpaired) electrons. The van der Waals surface area contributed by atoms with Gasteiger partial charge >= 0.3 is 0 Å². The van der Waals surface area contributed by atoms with E-state index in [2.05, 4.69) is 32.2 Å². The first-order valence-electron chi connectivity index (χ1n) is 9.10. The van der Waals surface area contributed by atoms with Crippen LogP contribution in [0.1, 0.15) is 11.3 Å². The zero-order valence-electron chi connectivity index (χ0n) is 15.4. The number of rotatable bonds is 4. The molecule has 6 heteroatoms. The maximum Gasteiger partial charge on any atom is 0.156 e. The van der Waals surface area contributed by atoms with E-state index in [0.29, 0.717) is 0 Å². The van der Waals surface area contributed by atoms with E-state index in [1.807, 2.05) is 60.5 Å². The second-order valence-corrected chi connectivity index (χ2v) is 6.75. The van der Waals surface area contributed by atoms with Crippen molar-refractivity contribution in [3.63, 3.8) is 0 Å². The summed E-state index contributed by atoms with van der Waals surface area (Å²) in [6, 6.07) is 14.3. The third kappa shape index (κ3) is 3.05. The topological polar surface area (TPSA) is 72.3 Å². The van der Waals surface area contributed by atoms with E-state index >= 15 is 0 Å². The second-order valence-electron chi connectivity index (χ2n) is 6.75. The van der Waals surface area contributed by atoms with Crippen molar-refractivity contribution in [2.24, 2.45) is 0 Å². The van der Waals surface area contributed by atoms with Gasteiger partial charge in [-0.25, -0.2) is 9.97 Å². The van der Waals surface area contributed by atoms with Gasteiger partial charge in [-0.3, -0.25) is 9.67 Å². The maximum absolute atomic E-state index is 4.86. The average Bonchev–Trinajstić information content (AvgIpc) is 3.35. The molecule has 0 atom stereocenters. The van der Waals surface area contributed by atoms with Crippen LogP contribution in [0.3, 0.4) is 0 Å². The summed E-state index contributed by atoms with van der Waals surface area (Å²) in [5.41, 5.74) is 7.62. The molecule has 1 N–H and O–H groups in total. The Hall–Kier alpha value is -3.80. The second kappa shape index (κ2) is 6.74. The Morgan fingerprint density at radius 2 is 1.89 bits per heavy atom. The van der Waals surface area contributed by atoms with Crippen LogP contribution in [0.15, 0.2) is 73.4 Å². The largest absolute Gasteiger partial charge is 0.344 e. The van der Waals surface area contributed by atoms with Crippen LogP contribution in [-0.2, 0) is 6.54 Å². The van der Waals surface area contributed by atoms with E-state index in [4.69, 9.17) is 4.98 Å². The zero-order valence-corrected chi connectivity index (χ0v) is 15.4. The first-order chi connectivity index (χ1) is 13.8. The number of hydrogen-bond acceptors (Lipinski definition) is 4. The molecule has 5 rings (SSSR count). The van der Waals surface area contributed by atoms with Gasteiger partial charge in [0.15, 0.2) is 5.65 Å². The maximum atomic E-state index is 4.86. The van der Waals surface area contributed by atoms with Gasteiger partial charge in [0, 0.05) is 41.0 Å². The van der Waals surface area contributed by atoms with Crippen molar-refractivity contribution < 1.29 is 0 Å². The number of benzene rings is 1. The molecule has 5 aromatic rings. The van der Waals surface area contributed by atoms with Crippen LogP contribution in [0.25, 0.3) is 33.5 Å². The molecule has 4 heterocycles. The lowest BCUT2D eigenvalue weighted by Gasteiger charge is -2.02. The highest BCUT2D eigenvalue weighted by Gasteiger charge is 2.12. The molecule has 1 aromatic carbocycles. The van der Waals surface area contributed by atoms with Crippen molar-refractivity contribution in [3.8, 4) is 22.4 Å². The molecule has 0 amide bonds. The Balaban J connectivity index is 1.52. The number of aromatic nitrogens is 6. The number of nitrogens with zero attached hydrogens (tertiary/aromatic N) is 5. The lowest BCUT2D eigenvalue weighted by atomic mass is 10.1. The van der Waals surface area contributed by atoms with Crippen LogP contribution < -0.4 is 0 Å². The molecule has 136 valence electrons. The monoisotopic (exact) mass is 366 g/mol. The van der Waals surface area contributed by atoms with Gasteiger partial charge in [0.25, 0.3) is 0 Å². The van der Waals surface area contributed by atoms with E-state index in [1.54, 1.807) is 12.4 Å². The van der Waals surface area contributed by atoms with E-state index in [9.17, 15) is 0 Å². The van der Waals surface area contributed by atoms with E-state index in [0.717, 1.165) is 45.8 Å². The molecular formula is C22H18N6. The summed E-state index contributed by atoms with van der Waals surface area (Å²) < 4.78 is 1.94. The number of fused-ring (bicyclic) bond motifs is 1. The molecule has 4 aromatic heterocycles. The summed E-state index contributed by atoms with van der Waals surface area (Å²) >= 11 is 0. The lowest BCUT2D eigenvalue weighted by molar-refractivity contribution is 0.687. The summed E-state index contributed by atoms with van der Waals surface area (Å²) in [6.45, 7) is 2.70. The van der Waals surface area contributed by atoms with Crippen molar-refractivity contribution in [1.29, 1.82) is 0 Å². The fraction of sp³-hybridized carbons (Fsp3) is 0.0909. The number of aromatic amines is 1. The van der Waals surface area contributed by atoms with Crippen LogP contribution in [0, 0.1) is 6.92 Å². The van der Waals surface area contributed by atoms with E-state index in [-0.39, 0.29) is 0 Å². The van der Waals surface area contributed by atoms with Crippen LogP contribution in [0.5, 0.6) is 0 Å². The Morgan fingerprint density at radius 1 is 1.00 bits per heavy atom. The number of nitrogens with one attached hydrogen (secondary N) is 1. The Morgan fingerprint density at radius 3 is 2.75 bits per heavy atom. The summed E-state index contributed by atoms with van der Waals surface area (Å²) in [7, 11) is 0. The predicted octanol–water partition coefficient (Wildman–Crippen LogP) is 4.24. The summed E-state index contributed by atoms with van der Waals surface area (Å²) in [4.78, 5) is 16.9. The van der Waals surface area contributed by atoms with Crippen molar-refractivity contribution in [2.45, 2.75) is 13.5 Å². The normalized spacial score (nSPS) is 11.2. The number of hydrogen-bond donors (Lipinski definition) is 1. The minimum Gasteiger partial charge on any atom is -0.344 e. The molecule has 0 spiro atoms. The molecule has 0 saturated carbocycles. The molecule has 0 saturated heterocycles. The molecule has 0 aliphatic rings. The SMILES string of the molecule is Cc1cc(-c2cnc3[nH]cc(-c4cnn(Cc5ccccc5)c4)c3n2)ccn1. The van der Waals surface area contributed by atoms with Gasteiger partial charge in [0.1, 0.15) is 5.52 Å². The Labute approximate surface area is 161 Å². The van der Waals surface area contributed by atoms with Crippen molar-refractivity contribution in [1.82, 2.24) is 29.7 Å². The van der Waals surface area contributed by atoms with Crippen molar-refractivity contribution in [2.75, 3.05) is 0 Å². The quantitative estimate of drug-likeness (QED) is 0.516. The highest BCUT2D eigenvalue weighted by molar-refractivity contribution is 5.91. The van der Waals surface area contributed by atoms with Crippen LogP contribution in [0.2, 0.25) is 0 Å². The van der Waals surface area contributed by atoms with Gasteiger partial charge in [-0.15, -0.1) is 0 Å². The first-order valence-corrected chi connectivity index (χ1v) is 9.10. The minimum atomic E-state index is 0.733. The standard InChI is InChI=1S/C22H18N6/c1-15-9-17(7-8-23-15)20-12-25-22-21(27-20)19(11-24-22)18-10-26-28(14-18)13-16-5-3-2-4-6-16/h2-12,14H,13H2,1H3,(H,24,25). The van der Waals surface area contributed by atoms with Gasteiger partial charge < -0.3 is 4.98 Å². The molecule has 6 nitrogen and oxygen atoms in total.